The van der Waals surface area contributed by atoms with Crippen LogP contribution in [0.3, 0.4) is 0 Å². The first-order chi connectivity index (χ1) is 11.1. The Morgan fingerprint density at radius 3 is 2.96 bits per heavy atom. The fraction of sp³-hybridized carbons (Fsp3) is 0.143. The van der Waals surface area contributed by atoms with E-state index in [9.17, 15) is 9.59 Å². The van der Waals surface area contributed by atoms with E-state index in [2.05, 4.69) is 19.8 Å². The van der Waals surface area contributed by atoms with Crippen molar-refractivity contribution in [3.8, 4) is 17.4 Å². The minimum Gasteiger partial charge on any atom is -0.494 e. The maximum atomic E-state index is 12.1. The van der Waals surface area contributed by atoms with Gasteiger partial charge in [0.15, 0.2) is 5.75 Å². The Hall–Kier alpha value is -3.36. The molecule has 2 heterocycles. The Morgan fingerprint density at radius 2 is 2.22 bits per heavy atom. The van der Waals surface area contributed by atoms with Crippen LogP contribution >= 0.6 is 0 Å². The van der Waals surface area contributed by atoms with Crippen LogP contribution in [0.15, 0.2) is 35.4 Å². The molecular formula is C14H12N4O5. The van der Waals surface area contributed by atoms with Crippen LogP contribution in [0.2, 0.25) is 0 Å². The Kier molecular flexibility index (Phi) is 3.67. The Balaban J connectivity index is 2.05. The fourth-order valence-electron chi connectivity index (χ4n) is 2.05. The topological polar surface area (TPSA) is 119 Å². The number of rotatable bonds is 4. The highest BCUT2D eigenvalue weighted by Gasteiger charge is 2.10. The first-order valence-electron chi connectivity index (χ1n) is 6.69. The Morgan fingerprint density at radius 1 is 1.39 bits per heavy atom. The van der Waals surface area contributed by atoms with Crippen LogP contribution in [-0.4, -0.2) is 37.6 Å². The molecular weight excluding hydrogens is 304 g/mol. The van der Waals surface area contributed by atoms with Crippen molar-refractivity contribution in [3.05, 3.63) is 40.9 Å². The molecule has 0 aliphatic rings. The van der Waals surface area contributed by atoms with Crippen LogP contribution in [0.1, 0.15) is 6.92 Å². The second-order valence-electron chi connectivity index (χ2n) is 4.49. The molecule has 9 nitrogen and oxygen atoms in total. The number of nitrogens with one attached hydrogen (secondary N) is 1. The minimum atomic E-state index is -1.45. The molecule has 0 fully saturated rings. The molecule has 2 aromatic heterocycles. The summed E-state index contributed by atoms with van der Waals surface area (Å²) in [5.41, 5.74) is 0.0927. The Labute approximate surface area is 129 Å². The van der Waals surface area contributed by atoms with Gasteiger partial charge in [-0.1, -0.05) is 0 Å². The number of benzene rings is 1. The average molecular weight is 316 g/mol. The van der Waals surface area contributed by atoms with Crippen LogP contribution in [-0.2, 0) is 0 Å². The largest absolute Gasteiger partial charge is 0.511 e. The standard InChI is InChI=1S/C14H12N4O5/c1-2-22-8-3-4-10-11(5-8)16-13(17-12(10)19)18-7-9(6-15-18)23-14(20)21/h3-7H,2H2,1H3,(H,20,21)(H,16,17,19). The molecule has 0 amide bonds. The van der Waals surface area contributed by atoms with E-state index in [1.807, 2.05) is 6.92 Å². The monoisotopic (exact) mass is 316 g/mol. The maximum Gasteiger partial charge on any atom is 0.511 e. The van der Waals surface area contributed by atoms with Crippen LogP contribution in [0.25, 0.3) is 16.9 Å². The molecule has 3 aromatic rings. The van der Waals surface area contributed by atoms with Crippen molar-refractivity contribution >= 4 is 17.1 Å². The van der Waals surface area contributed by atoms with E-state index in [4.69, 9.17) is 9.84 Å². The summed E-state index contributed by atoms with van der Waals surface area (Å²) in [6, 6.07) is 4.96. The molecule has 9 heteroatoms. The lowest BCUT2D eigenvalue weighted by Crippen LogP contribution is -2.13. The van der Waals surface area contributed by atoms with Gasteiger partial charge in [0.25, 0.3) is 5.56 Å². The first kappa shape index (κ1) is 14.6. The van der Waals surface area contributed by atoms with Crippen molar-refractivity contribution in [2.75, 3.05) is 6.61 Å². The molecule has 118 valence electrons. The molecule has 0 aliphatic heterocycles. The third-order valence-corrected chi connectivity index (χ3v) is 2.96. The van der Waals surface area contributed by atoms with Gasteiger partial charge in [-0.15, -0.1) is 0 Å². The summed E-state index contributed by atoms with van der Waals surface area (Å²) < 4.78 is 11.1. The van der Waals surface area contributed by atoms with Crippen molar-refractivity contribution < 1.29 is 19.4 Å². The maximum absolute atomic E-state index is 12.1. The summed E-state index contributed by atoms with van der Waals surface area (Å²) >= 11 is 0. The van der Waals surface area contributed by atoms with Crippen LogP contribution in [0.5, 0.6) is 11.5 Å². The number of aromatic amines is 1. The average Bonchev–Trinajstić information content (AvgIpc) is 2.95. The van der Waals surface area contributed by atoms with Gasteiger partial charge in [0.2, 0.25) is 5.95 Å². The van der Waals surface area contributed by atoms with Gasteiger partial charge in [0.1, 0.15) is 5.75 Å². The van der Waals surface area contributed by atoms with E-state index >= 15 is 0 Å². The van der Waals surface area contributed by atoms with Gasteiger partial charge in [0.05, 0.1) is 29.9 Å². The number of fused-ring (bicyclic) bond motifs is 1. The summed E-state index contributed by atoms with van der Waals surface area (Å²) in [6.07, 6.45) is 1.05. The highest BCUT2D eigenvalue weighted by Crippen LogP contribution is 2.18. The van der Waals surface area contributed by atoms with Crippen molar-refractivity contribution in [1.82, 2.24) is 19.7 Å². The number of hydrogen-bond donors (Lipinski definition) is 2. The van der Waals surface area contributed by atoms with Crippen LogP contribution < -0.4 is 15.0 Å². The highest BCUT2D eigenvalue weighted by molar-refractivity contribution is 5.79. The number of hydrogen-bond acceptors (Lipinski definition) is 6. The van der Waals surface area contributed by atoms with E-state index in [0.29, 0.717) is 23.3 Å². The quantitative estimate of drug-likeness (QED) is 0.701. The van der Waals surface area contributed by atoms with E-state index in [0.717, 1.165) is 0 Å². The molecule has 23 heavy (non-hydrogen) atoms. The summed E-state index contributed by atoms with van der Waals surface area (Å²) in [4.78, 5) is 29.5. The molecule has 2 N–H and O–H groups in total. The number of carboxylic acid groups (broad SMARTS) is 1. The summed E-state index contributed by atoms with van der Waals surface area (Å²) in [7, 11) is 0. The molecule has 1 aromatic carbocycles. The molecule has 0 spiro atoms. The number of ether oxygens (including phenoxy) is 2. The van der Waals surface area contributed by atoms with Gasteiger partial charge in [-0.2, -0.15) is 5.10 Å². The molecule has 0 bridgehead atoms. The fourth-order valence-corrected chi connectivity index (χ4v) is 2.05. The molecule has 0 unspecified atom stereocenters. The van der Waals surface area contributed by atoms with Gasteiger partial charge >= 0.3 is 6.16 Å². The van der Waals surface area contributed by atoms with Gasteiger partial charge in [-0.05, 0) is 19.1 Å². The van der Waals surface area contributed by atoms with Crippen molar-refractivity contribution in [3.63, 3.8) is 0 Å². The second-order valence-corrected chi connectivity index (χ2v) is 4.49. The van der Waals surface area contributed by atoms with Crippen molar-refractivity contribution in [2.24, 2.45) is 0 Å². The lowest BCUT2D eigenvalue weighted by Gasteiger charge is -2.05. The van der Waals surface area contributed by atoms with Gasteiger partial charge in [0, 0.05) is 6.07 Å². The number of H-pyrrole nitrogens is 1. The smallest absolute Gasteiger partial charge is 0.494 e. The lowest BCUT2D eigenvalue weighted by molar-refractivity contribution is 0.144. The third kappa shape index (κ3) is 2.98. The highest BCUT2D eigenvalue weighted by atomic mass is 16.7. The third-order valence-electron chi connectivity index (χ3n) is 2.96. The zero-order valence-corrected chi connectivity index (χ0v) is 12.0. The number of aromatic nitrogens is 4. The van der Waals surface area contributed by atoms with E-state index < -0.39 is 6.16 Å². The predicted octanol–water partition coefficient (Wildman–Crippen LogP) is 1.56. The minimum absolute atomic E-state index is 0.0170. The zero-order chi connectivity index (χ0) is 16.4. The SMILES string of the molecule is CCOc1ccc2c(=O)[nH]c(-n3cc(OC(=O)O)cn3)nc2c1. The molecule has 0 saturated heterocycles. The number of nitrogens with zero attached hydrogens (tertiary/aromatic N) is 3. The summed E-state index contributed by atoms with van der Waals surface area (Å²) in [6.45, 7) is 2.35. The summed E-state index contributed by atoms with van der Waals surface area (Å²) in [5.74, 6) is 0.749. The normalized spacial score (nSPS) is 10.7. The van der Waals surface area contributed by atoms with E-state index in [1.54, 1.807) is 18.2 Å². The van der Waals surface area contributed by atoms with Gasteiger partial charge < -0.3 is 14.6 Å². The van der Waals surface area contributed by atoms with E-state index in [-0.39, 0.29) is 17.3 Å². The van der Waals surface area contributed by atoms with Crippen molar-refractivity contribution in [1.29, 1.82) is 0 Å². The predicted molar refractivity (Wildman–Crippen MR) is 79.3 cm³/mol. The van der Waals surface area contributed by atoms with Crippen molar-refractivity contribution in [2.45, 2.75) is 6.92 Å². The first-order valence-corrected chi connectivity index (χ1v) is 6.69. The second kappa shape index (κ2) is 5.79. The van der Waals surface area contributed by atoms with E-state index in [1.165, 1.54) is 17.1 Å². The van der Waals surface area contributed by atoms with Crippen LogP contribution in [0.4, 0.5) is 4.79 Å². The Bertz CT molecular complexity index is 930. The van der Waals surface area contributed by atoms with Gasteiger partial charge in [-0.25, -0.2) is 14.5 Å². The van der Waals surface area contributed by atoms with Gasteiger partial charge in [-0.3, -0.25) is 9.78 Å². The lowest BCUT2D eigenvalue weighted by atomic mass is 10.2. The van der Waals surface area contributed by atoms with Crippen LogP contribution in [0, 0.1) is 0 Å². The molecule has 0 saturated carbocycles. The molecule has 0 radical (unpaired) electrons. The molecule has 0 aliphatic carbocycles. The molecule has 3 rings (SSSR count). The number of carbonyl (C=O) groups is 1. The summed E-state index contributed by atoms with van der Waals surface area (Å²) in [5, 5.41) is 12.9. The molecule has 0 atom stereocenters. The zero-order valence-electron chi connectivity index (χ0n) is 12.0.